The molecule has 0 bridgehead atoms. The summed E-state index contributed by atoms with van der Waals surface area (Å²) in [5.74, 6) is -0.285. The fourth-order valence-electron chi connectivity index (χ4n) is 1.49. The zero-order valence-electron chi connectivity index (χ0n) is 11.1. The molecule has 0 atom stereocenters. The third-order valence-corrected chi connectivity index (χ3v) is 4.18. The first-order chi connectivity index (χ1) is 9.99. The van der Waals surface area contributed by atoms with Crippen LogP contribution in [0.5, 0.6) is 0 Å². The standard InChI is InChI=1S/C15H12Br2O3S/c1-11-7-9-13(10-8-11)21-20-19-15(16,17)14(18)12-5-3-2-4-6-12/h2-10H,1H3. The lowest BCUT2D eigenvalue weighted by Crippen LogP contribution is -2.27. The highest BCUT2D eigenvalue weighted by Gasteiger charge is 2.36. The Morgan fingerprint density at radius 1 is 1.05 bits per heavy atom. The lowest BCUT2D eigenvalue weighted by Gasteiger charge is -2.17. The van der Waals surface area contributed by atoms with Gasteiger partial charge in [0.2, 0.25) is 5.78 Å². The number of aryl methyl sites for hydroxylation is 1. The molecular formula is C15H12Br2O3S. The summed E-state index contributed by atoms with van der Waals surface area (Å²) in [7, 11) is 0. The van der Waals surface area contributed by atoms with Gasteiger partial charge in [-0.3, -0.25) is 4.79 Å². The molecule has 2 rings (SSSR count). The van der Waals surface area contributed by atoms with Crippen LogP contribution in [0.2, 0.25) is 0 Å². The molecule has 2 aromatic carbocycles. The molecule has 0 aliphatic carbocycles. The minimum atomic E-state index is -1.42. The van der Waals surface area contributed by atoms with Crippen molar-refractivity contribution in [1.82, 2.24) is 0 Å². The Bertz CT molecular complexity index is 600. The molecule has 0 radical (unpaired) electrons. The van der Waals surface area contributed by atoms with E-state index in [0.29, 0.717) is 5.56 Å². The van der Waals surface area contributed by atoms with Crippen molar-refractivity contribution in [1.29, 1.82) is 0 Å². The fourth-order valence-corrected chi connectivity index (χ4v) is 2.72. The van der Waals surface area contributed by atoms with Crippen LogP contribution in [0.25, 0.3) is 0 Å². The van der Waals surface area contributed by atoms with E-state index in [2.05, 4.69) is 31.9 Å². The number of alkyl halides is 2. The minimum absolute atomic E-state index is 0.285. The molecule has 0 unspecified atom stereocenters. The third kappa shape index (κ3) is 4.93. The van der Waals surface area contributed by atoms with Gasteiger partial charge in [-0.25, -0.2) is 0 Å². The topological polar surface area (TPSA) is 35.5 Å². The van der Waals surface area contributed by atoms with Gasteiger partial charge in [-0.15, -0.1) is 0 Å². The number of hydrogen-bond donors (Lipinski definition) is 0. The van der Waals surface area contributed by atoms with Crippen molar-refractivity contribution < 1.29 is 14.0 Å². The average Bonchev–Trinajstić information content (AvgIpc) is 2.49. The molecule has 0 aliphatic rings. The number of hydrogen-bond acceptors (Lipinski definition) is 4. The first-order valence-electron chi connectivity index (χ1n) is 6.06. The van der Waals surface area contributed by atoms with Crippen LogP contribution in [-0.4, -0.2) is 9.20 Å². The summed E-state index contributed by atoms with van der Waals surface area (Å²) in [4.78, 5) is 18.3. The molecule has 0 fully saturated rings. The van der Waals surface area contributed by atoms with E-state index in [1.165, 1.54) is 0 Å². The summed E-state index contributed by atoms with van der Waals surface area (Å²) in [6, 6.07) is 16.6. The lowest BCUT2D eigenvalue weighted by molar-refractivity contribution is -0.197. The number of ketones is 1. The molecular weight excluding hydrogens is 420 g/mol. The summed E-state index contributed by atoms with van der Waals surface area (Å²) in [6.45, 7) is 2.01. The SMILES string of the molecule is Cc1ccc(SOOC(Br)(Br)C(=O)c2ccccc2)cc1. The van der Waals surface area contributed by atoms with Crippen LogP contribution in [0.4, 0.5) is 0 Å². The number of rotatable bonds is 6. The maximum absolute atomic E-state index is 12.2. The Balaban J connectivity index is 1.92. The van der Waals surface area contributed by atoms with Crippen LogP contribution in [0.3, 0.4) is 0 Å². The van der Waals surface area contributed by atoms with Crippen molar-refractivity contribution >= 4 is 49.7 Å². The molecule has 0 spiro atoms. The first-order valence-corrected chi connectivity index (χ1v) is 8.38. The van der Waals surface area contributed by atoms with Gasteiger partial charge in [0.25, 0.3) is 3.42 Å². The lowest BCUT2D eigenvalue weighted by atomic mass is 10.1. The van der Waals surface area contributed by atoms with Gasteiger partial charge in [-0.2, -0.15) is 9.22 Å². The summed E-state index contributed by atoms with van der Waals surface area (Å²) in [6.07, 6.45) is 0. The molecule has 3 nitrogen and oxygen atoms in total. The van der Waals surface area contributed by atoms with Crippen molar-refractivity contribution in [3.05, 3.63) is 65.7 Å². The van der Waals surface area contributed by atoms with Gasteiger partial charge >= 0.3 is 0 Å². The van der Waals surface area contributed by atoms with Crippen LogP contribution in [0.1, 0.15) is 15.9 Å². The number of halogens is 2. The minimum Gasteiger partial charge on any atom is -0.289 e. The number of benzene rings is 2. The molecule has 0 aliphatic heterocycles. The van der Waals surface area contributed by atoms with E-state index in [1.54, 1.807) is 24.3 Å². The van der Waals surface area contributed by atoms with Gasteiger partial charge in [0.05, 0.1) is 12.0 Å². The quantitative estimate of drug-likeness (QED) is 0.205. The number of carbonyl (C=O) groups is 1. The second-order valence-electron chi connectivity index (χ2n) is 4.26. The predicted molar refractivity (Wildman–Crippen MR) is 90.6 cm³/mol. The molecule has 0 saturated carbocycles. The fraction of sp³-hybridized carbons (Fsp3) is 0.133. The van der Waals surface area contributed by atoms with E-state index >= 15 is 0 Å². The summed E-state index contributed by atoms with van der Waals surface area (Å²) in [5.41, 5.74) is 1.67. The van der Waals surface area contributed by atoms with Gasteiger partial charge < -0.3 is 0 Å². The molecule has 0 amide bonds. The second-order valence-corrected chi connectivity index (χ2v) is 8.33. The van der Waals surface area contributed by atoms with Crippen LogP contribution in [0, 0.1) is 6.92 Å². The number of Topliss-reactive ketones (excluding diaryl/α,β-unsaturated/α-hetero) is 1. The Labute approximate surface area is 144 Å². The second kappa shape index (κ2) is 7.56. The Kier molecular flexibility index (Phi) is 6.01. The molecule has 2 aromatic rings. The summed E-state index contributed by atoms with van der Waals surface area (Å²) in [5, 5.41) is 0. The van der Waals surface area contributed by atoms with Gasteiger partial charge in [0.15, 0.2) is 0 Å². The van der Waals surface area contributed by atoms with Crippen molar-refractivity contribution in [2.24, 2.45) is 0 Å². The third-order valence-electron chi connectivity index (χ3n) is 2.59. The molecule has 0 heterocycles. The van der Waals surface area contributed by atoms with Crippen molar-refractivity contribution in [2.75, 3.05) is 0 Å². The van der Waals surface area contributed by atoms with Crippen LogP contribution in [0.15, 0.2) is 59.5 Å². The van der Waals surface area contributed by atoms with Crippen LogP contribution >= 0.6 is 43.9 Å². The molecule has 6 heteroatoms. The monoisotopic (exact) mass is 430 g/mol. The van der Waals surface area contributed by atoms with E-state index in [1.807, 2.05) is 37.3 Å². The highest BCUT2D eigenvalue weighted by molar-refractivity contribution is 9.25. The zero-order valence-corrected chi connectivity index (χ0v) is 15.1. The largest absolute Gasteiger partial charge is 0.289 e. The number of carbonyl (C=O) groups excluding carboxylic acids is 1. The molecule has 110 valence electrons. The Morgan fingerprint density at radius 3 is 2.29 bits per heavy atom. The average molecular weight is 432 g/mol. The highest BCUT2D eigenvalue weighted by Crippen LogP contribution is 2.34. The van der Waals surface area contributed by atoms with Crippen LogP contribution in [-0.2, 0) is 9.22 Å². The van der Waals surface area contributed by atoms with Gasteiger partial charge in [-0.1, -0.05) is 48.0 Å². The molecule has 0 N–H and O–H groups in total. The summed E-state index contributed by atoms with van der Waals surface area (Å²) >= 11 is 7.39. The Morgan fingerprint density at radius 2 is 1.67 bits per heavy atom. The van der Waals surface area contributed by atoms with E-state index in [-0.39, 0.29) is 5.78 Å². The molecule has 0 saturated heterocycles. The van der Waals surface area contributed by atoms with E-state index in [4.69, 9.17) is 9.22 Å². The van der Waals surface area contributed by atoms with Gasteiger partial charge in [0, 0.05) is 10.5 Å². The van der Waals surface area contributed by atoms with E-state index in [9.17, 15) is 4.79 Å². The smallest absolute Gasteiger partial charge is 0.274 e. The Hall–Kier alpha value is -0.660. The van der Waals surface area contributed by atoms with Crippen LogP contribution < -0.4 is 0 Å². The maximum Gasteiger partial charge on any atom is 0.274 e. The van der Waals surface area contributed by atoms with E-state index in [0.717, 1.165) is 22.5 Å². The van der Waals surface area contributed by atoms with Gasteiger partial charge in [0.1, 0.15) is 0 Å². The molecule has 0 aromatic heterocycles. The predicted octanol–water partition coefficient (Wildman–Crippen LogP) is 5.28. The normalized spacial score (nSPS) is 11.4. The highest BCUT2D eigenvalue weighted by atomic mass is 79.9. The van der Waals surface area contributed by atoms with Crippen molar-refractivity contribution in [3.8, 4) is 0 Å². The molecule has 21 heavy (non-hydrogen) atoms. The van der Waals surface area contributed by atoms with E-state index < -0.39 is 3.42 Å². The summed E-state index contributed by atoms with van der Waals surface area (Å²) < 4.78 is 3.65. The zero-order chi connectivity index (χ0) is 15.3. The van der Waals surface area contributed by atoms with Gasteiger partial charge in [-0.05, 0) is 50.9 Å². The maximum atomic E-state index is 12.2. The van der Waals surface area contributed by atoms with Crippen molar-refractivity contribution in [3.63, 3.8) is 0 Å². The van der Waals surface area contributed by atoms with Crippen molar-refractivity contribution in [2.45, 2.75) is 15.2 Å². The first kappa shape index (κ1) is 16.7.